The van der Waals surface area contributed by atoms with Gasteiger partial charge in [0.05, 0.1) is 7.18 Å². The molecule has 0 aromatic carbocycles. The highest BCUT2D eigenvalue weighted by molar-refractivity contribution is 5.09. The van der Waals surface area contributed by atoms with E-state index in [0.29, 0.717) is 7.18 Å². The summed E-state index contributed by atoms with van der Waals surface area (Å²) in [6.07, 6.45) is -1.51. The lowest BCUT2D eigenvalue weighted by molar-refractivity contribution is 0.151. The number of H-pyrrole nitrogens is 1. The molecule has 0 bridgehead atoms. The Balaban J connectivity index is 0.000000561. The van der Waals surface area contributed by atoms with Crippen molar-refractivity contribution in [2.75, 3.05) is 7.18 Å². The van der Waals surface area contributed by atoms with E-state index in [1.54, 1.807) is 0 Å². The summed E-state index contributed by atoms with van der Waals surface area (Å²) in [6, 6.07) is 2.17. The van der Waals surface area contributed by atoms with E-state index in [1.807, 2.05) is 0 Å². The molecular weight excluding hydrogens is 171 g/mol. The Morgan fingerprint density at radius 1 is 1.33 bits per heavy atom. The molecule has 2 nitrogen and oxygen atoms in total. The Morgan fingerprint density at radius 3 is 2.25 bits per heavy atom. The molecular formula is C7H8F3NO. The van der Waals surface area contributed by atoms with E-state index in [9.17, 15) is 18.0 Å². The molecule has 0 atom stereocenters. The second-order valence-electron chi connectivity index (χ2n) is 1.79. The van der Waals surface area contributed by atoms with E-state index in [0.717, 1.165) is 18.3 Å². The van der Waals surface area contributed by atoms with Crippen LogP contribution in [0.25, 0.3) is 0 Å². The SMILES string of the molecule is CF.O=c1ccc(C(F)F)c[nH]1. The van der Waals surface area contributed by atoms with Crippen LogP contribution >= 0.6 is 0 Å². The second-order valence-corrected chi connectivity index (χ2v) is 1.79. The van der Waals surface area contributed by atoms with Crippen LogP contribution < -0.4 is 5.56 Å². The number of hydrogen-bond acceptors (Lipinski definition) is 1. The van der Waals surface area contributed by atoms with Gasteiger partial charge >= 0.3 is 0 Å². The molecule has 1 rings (SSSR count). The van der Waals surface area contributed by atoms with Crippen molar-refractivity contribution in [2.24, 2.45) is 0 Å². The normalized spacial score (nSPS) is 9.08. The number of nitrogens with one attached hydrogen (secondary N) is 1. The molecule has 0 spiro atoms. The van der Waals surface area contributed by atoms with Gasteiger partial charge in [-0.15, -0.1) is 0 Å². The van der Waals surface area contributed by atoms with Crippen molar-refractivity contribution in [2.45, 2.75) is 6.43 Å². The van der Waals surface area contributed by atoms with Gasteiger partial charge in [-0.2, -0.15) is 0 Å². The van der Waals surface area contributed by atoms with E-state index in [-0.39, 0.29) is 11.1 Å². The van der Waals surface area contributed by atoms with Crippen LogP contribution in [0.15, 0.2) is 23.1 Å². The molecule has 0 aliphatic rings. The number of rotatable bonds is 1. The summed E-state index contributed by atoms with van der Waals surface area (Å²) in [5.74, 6) is 0. The standard InChI is InChI=1S/C6H5F2NO.CH3F/c7-6(8)4-1-2-5(10)9-3-4;1-2/h1-3,6H,(H,9,10);1H3. The molecule has 1 N–H and O–H groups in total. The molecule has 12 heavy (non-hydrogen) atoms. The molecule has 68 valence electrons. The zero-order chi connectivity index (χ0) is 9.56. The lowest BCUT2D eigenvalue weighted by Gasteiger charge is -1.94. The molecule has 1 aromatic heterocycles. The number of alkyl halides is 3. The summed E-state index contributed by atoms with van der Waals surface area (Å²) in [5.41, 5.74) is -0.538. The third-order valence-corrected chi connectivity index (χ3v) is 1.06. The van der Waals surface area contributed by atoms with E-state index < -0.39 is 6.43 Å². The summed E-state index contributed by atoms with van der Waals surface area (Å²) in [5, 5.41) is 0. The molecule has 0 radical (unpaired) electrons. The molecule has 5 heteroatoms. The van der Waals surface area contributed by atoms with Gasteiger partial charge < -0.3 is 4.98 Å². The molecule has 0 aliphatic heterocycles. The molecule has 0 saturated heterocycles. The fourth-order valence-electron chi connectivity index (χ4n) is 0.558. The van der Waals surface area contributed by atoms with Gasteiger partial charge in [0.15, 0.2) is 0 Å². The minimum Gasteiger partial charge on any atom is -0.329 e. The highest BCUT2D eigenvalue weighted by Crippen LogP contribution is 2.14. The quantitative estimate of drug-likeness (QED) is 0.701. The minimum atomic E-state index is -2.52. The number of aromatic nitrogens is 1. The van der Waals surface area contributed by atoms with Crippen molar-refractivity contribution in [1.82, 2.24) is 4.98 Å². The summed E-state index contributed by atoms with van der Waals surface area (Å²) in [7, 11) is 0.500. The maximum Gasteiger partial charge on any atom is 0.265 e. The second kappa shape index (κ2) is 5.40. The summed E-state index contributed by atoms with van der Waals surface area (Å²) in [6.45, 7) is 0. The van der Waals surface area contributed by atoms with Crippen molar-refractivity contribution in [3.05, 3.63) is 34.2 Å². The van der Waals surface area contributed by atoms with Crippen LogP contribution in [0.3, 0.4) is 0 Å². The van der Waals surface area contributed by atoms with Crippen LogP contribution in [0, 0.1) is 0 Å². The van der Waals surface area contributed by atoms with Crippen molar-refractivity contribution < 1.29 is 13.2 Å². The first-order valence-corrected chi connectivity index (χ1v) is 3.05. The Hall–Kier alpha value is -1.26. The van der Waals surface area contributed by atoms with Gasteiger partial charge in [0.2, 0.25) is 5.56 Å². The topological polar surface area (TPSA) is 32.9 Å². The first-order chi connectivity index (χ1) is 5.70. The zero-order valence-corrected chi connectivity index (χ0v) is 6.35. The molecule has 0 amide bonds. The van der Waals surface area contributed by atoms with Crippen LogP contribution in [0.2, 0.25) is 0 Å². The highest BCUT2D eigenvalue weighted by atomic mass is 19.3. The molecule has 0 fully saturated rings. The van der Waals surface area contributed by atoms with Crippen molar-refractivity contribution >= 4 is 0 Å². The predicted octanol–water partition coefficient (Wildman–Crippen LogP) is 1.90. The Morgan fingerprint density at radius 2 is 1.92 bits per heavy atom. The minimum absolute atomic E-state index is 0.167. The molecule has 0 saturated carbocycles. The number of halogens is 3. The third kappa shape index (κ3) is 3.23. The molecule has 0 unspecified atom stereocenters. The van der Waals surface area contributed by atoms with Crippen LogP contribution in [0.4, 0.5) is 13.2 Å². The van der Waals surface area contributed by atoms with Gasteiger partial charge in [0.1, 0.15) is 0 Å². The monoisotopic (exact) mass is 179 g/mol. The molecule has 1 heterocycles. The van der Waals surface area contributed by atoms with Crippen LogP contribution in [0.1, 0.15) is 12.0 Å². The summed E-state index contributed by atoms with van der Waals surface area (Å²) >= 11 is 0. The van der Waals surface area contributed by atoms with Crippen molar-refractivity contribution in [3.63, 3.8) is 0 Å². The lowest BCUT2D eigenvalue weighted by atomic mass is 10.3. The number of aromatic amines is 1. The van der Waals surface area contributed by atoms with Crippen LogP contribution in [0.5, 0.6) is 0 Å². The number of pyridine rings is 1. The summed E-state index contributed by atoms with van der Waals surface area (Å²) in [4.78, 5) is 12.5. The van der Waals surface area contributed by atoms with E-state index in [4.69, 9.17) is 0 Å². The first-order valence-electron chi connectivity index (χ1n) is 3.05. The van der Waals surface area contributed by atoms with Crippen molar-refractivity contribution in [3.8, 4) is 0 Å². The smallest absolute Gasteiger partial charge is 0.265 e. The van der Waals surface area contributed by atoms with Crippen molar-refractivity contribution in [1.29, 1.82) is 0 Å². The average Bonchev–Trinajstić information content (AvgIpc) is 2.09. The summed E-state index contributed by atoms with van der Waals surface area (Å²) < 4.78 is 33.1. The predicted molar refractivity (Wildman–Crippen MR) is 39.1 cm³/mol. The van der Waals surface area contributed by atoms with E-state index >= 15 is 0 Å². The lowest BCUT2D eigenvalue weighted by Crippen LogP contribution is -2.02. The van der Waals surface area contributed by atoms with E-state index in [2.05, 4.69) is 4.98 Å². The zero-order valence-electron chi connectivity index (χ0n) is 6.35. The van der Waals surface area contributed by atoms with Gasteiger partial charge in [-0.05, 0) is 6.07 Å². The van der Waals surface area contributed by atoms with Gasteiger partial charge in [-0.3, -0.25) is 9.18 Å². The van der Waals surface area contributed by atoms with Gasteiger partial charge in [-0.25, -0.2) is 8.78 Å². The Bertz CT molecular complexity index is 251. The molecule has 1 aromatic rings. The molecule has 0 aliphatic carbocycles. The largest absolute Gasteiger partial charge is 0.329 e. The Kier molecular flexibility index (Phi) is 4.83. The van der Waals surface area contributed by atoms with Crippen LogP contribution in [-0.4, -0.2) is 12.2 Å². The van der Waals surface area contributed by atoms with Gasteiger partial charge in [0, 0.05) is 17.8 Å². The maximum atomic E-state index is 11.8. The van der Waals surface area contributed by atoms with Crippen LogP contribution in [-0.2, 0) is 0 Å². The Labute approximate surface area is 67.0 Å². The highest BCUT2D eigenvalue weighted by Gasteiger charge is 2.04. The average molecular weight is 179 g/mol. The maximum absolute atomic E-state index is 11.8. The van der Waals surface area contributed by atoms with Gasteiger partial charge in [-0.1, -0.05) is 0 Å². The fourth-order valence-corrected chi connectivity index (χ4v) is 0.558. The van der Waals surface area contributed by atoms with E-state index in [1.165, 1.54) is 0 Å². The number of hydrogen-bond donors (Lipinski definition) is 1. The first kappa shape index (κ1) is 10.7. The van der Waals surface area contributed by atoms with Gasteiger partial charge in [0.25, 0.3) is 6.43 Å². The third-order valence-electron chi connectivity index (χ3n) is 1.06. The fraction of sp³-hybridized carbons (Fsp3) is 0.286.